The Morgan fingerprint density at radius 2 is 2.21 bits per heavy atom. The Morgan fingerprint density at radius 3 is 2.84 bits per heavy atom. The molecule has 0 saturated carbocycles. The molecule has 2 N–H and O–H groups in total. The van der Waals surface area contributed by atoms with Gasteiger partial charge in [0.1, 0.15) is 5.75 Å². The van der Waals surface area contributed by atoms with Gasteiger partial charge in [0.05, 0.1) is 16.2 Å². The van der Waals surface area contributed by atoms with Crippen LogP contribution in [0.5, 0.6) is 11.6 Å². The molecule has 0 amide bonds. The number of nitro benzene ring substituents is 1. The van der Waals surface area contributed by atoms with E-state index < -0.39 is 4.92 Å². The van der Waals surface area contributed by atoms with E-state index in [-0.39, 0.29) is 11.6 Å². The first-order valence-corrected chi connectivity index (χ1v) is 6.11. The van der Waals surface area contributed by atoms with Crippen LogP contribution in [0.3, 0.4) is 0 Å². The van der Waals surface area contributed by atoms with Crippen molar-refractivity contribution >= 4 is 27.3 Å². The number of aromatic nitrogens is 1. The number of pyridine rings is 1. The van der Waals surface area contributed by atoms with Gasteiger partial charge in [-0.15, -0.1) is 0 Å². The zero-order valence-corrected chi connectivity index (χ0v) is 11.5. The standard InChI is InChI=1S/C12H10BrN3O3/c1-7-10(16(17)18)3-2-4-11(7)19-12-9(14)5-8(13)6-15-12/h2-6H,14H2,1H3. The van der Waals surface area contributed by atoms with Crippen molar-refractivity contribution < 1.29 is 9.66 Å². The fraction of sp³-hybridized carbons (Fsp3) is 0.0833. The Hall–Kier alpha value is -2.15. The molecule has 1 heterocycles. The maximum Gasteiger partial charge on any atom is 0.276 e. The average Bonchev–Trinajstić information content (AvgIpc) is 2.34. The maximum absolute atomic E-state index is 10.8. The Morgan fingerprint density at radius 1 is 1.47 bits per heavy atom. The molecular formula is C12H10BrN3O3. The van der Waals surface area contributed by atoms with E-state index >= 15 is 0 Å². The summed E-state index contributed by atoms with van der Waals surface area (Å²) in [6.45, 7) is 1.61. The second-order valence-electron chi connectivity index (χ2n) is 3.81. The van der Waals surface area contributed by atoms with Crippen molar-refractivity contribution in [2.45, 2.75) is 6.92 Å². The van der Waals surface area contributed by atoms with Gasteiger partial charge in [-0.3, -0.25) is 10.1 Å². The van der Waals surface area contributed by atoms with Crippen molar-refractivity contribution in [3.8, 4) is 11.6 Å². The molecule has 0 saturated heterocycles. The maximum atomic E-state index is 10.8. The smallest absolute Gasteiger partial charge is 0.276 e. The van der Waals surface area contributed by atoms with E-state index in [0.717, 1.165) is 4.47 Å². The fourth-order valence-electron chi connectivity index (χ4n) is 1.54. The monoisotopic (exact) mass is 323 g/mol. The van der Waals surface area contributed by atoms with Crippen molar-refractivity contribution in [3.63, 3.8) is 0 Å². The highest BCUT2D eigenvalue weighted by molar-refractivity contribution is 9.10. The van der Waals surface area contributed by atoms with Crippen molar-refractivity contribution in [3.05, 3.63) is 50.6 Å². The van der Waals surface area contributed by atoms with E-state index in [9.17, 15) is 10.1 Å². The second-order valence-corrected chi connectivity index (χ2v) is 4.72. The quantitative estimate of drug-likeness (QED) is 0.690. The van der Waals surface area contributed by atoms with Crippen LogP contribution in [0, 0.1) is 17.0 Å². The van der Waals surface area contributed by atoms with Gasteiger partial charge in [-0.1, -0.05) is 6.07 Å². The number of benzene rings is 1. The van der Waals surface area contributed by atoms with Gasteiger partial charge in [0.2, 0.25) is 5.88 Å². The van der Waals surface area contributed by atoms with Crippen molar-refractivity contribution in [1.82, 2.24) is 4.98 Å². The molecule has 0 atom stereocenters. The lowest BCUT2D eigenvalue weighted by Gasteiger charge is -2.09. The number of ether oxygens (including phenoxy) is 1. The average molecular weight is 324 g/mol. The zero-order chi connectivity index (χ0) is 14.0. The molecule has 0 aliphatic rings. The largest absolute Gasteiger partial charge is 0.437 e. The summed E-state index contributed by atoms with van der Waals surface area (Å²) in [5, 5.41) is 10.8. The van der Waals surface area contributed by atoms with Gasteiger partial charge in [0, 0.05) is 16.7 Å². The van der Waals surface area contributed by atoms with Crippen LogP contribution in [0.15, 0.2) is 34.9 Å². The van der Waals surface area contributed by atoms with Crippen LogP contribution in [-0.2, 0) is 0 Å². The molecule has 1 aromatic carbocycles. The Kier molecular flexibility index (Phi) is 3.66. The van der Waals surface area contributed by atoms with Crippen LogP contribution in [0.2, 0.25) is 0 Å². The summed E-state index contributed by atoms with van der Waals surface area (Å²) in [6.07, 6.45) is 1.54. The predicted octanol–water partition coefficient (Wildman–Crippen LogP) is 3.44. The minimum absolute atomic E-state index is 0.00631. The summed E-state index contributed by atoms with van der Waals surface area (Å²) in [5.41, 5.74) is 6.53. The third kappa shape index (κ3) is 2.82. The molecule has 2 rings (SSSR count). The van der Waals surface area contributed by atoms with Crippen LogP contribution in [0.4, 0.5) is 11.4 Å². The van der Waals surface area contributed by atoms with Gasteiger partial charge in [-0.05, 0) is 35.0 Å². The third-order valence-electron chi connectivity index (χ3n) is 2.50. The summed E-state index contributed by atoms with van der Waals surface area (Å²) in [7, 11) is 0. The van der Waals surface area contributed by atoms with Gasteiger partial charge >= 0.3 is 0 Å². The number of hydrogen-bond donors (Lipinski definition) is 1. The SMILES string of the molecule is Cc1c(Oc2ncc(Br)cc2N)cccc1[N+](=O)[O-]. The van der Waals surface area contributed by atoms with E-state index in [4.69, 9.17) is 10.5 Å². The molecule has 7 heteroatoms. The number of nitrogens with zero attached hydrogens (tertiary/aromatic N) is 2. The number of nitro groups is 1. The lowest BCUT2D eigenvalue weighted by atomic mass is 10.2. The van der Waals surface area contributed by atoms with Crippen molar-refractivity contribution in [2.24, 2.45) is 0 Å². The van der Waals surface area contributed by atoms with Gasteiger partial charge in [-0.25, -0.2) is 4.98 Å². The highest BCUT2D eigenvalue weighted by Gasteiger charge is 2.15. The van der Waals surface area contributed by atoms with Gasteiger partial charge in [-0.2, -0.15) is 0 Å². The second kappa shape index (κ2) is 5.23. The minimum atomic E-state index is -0.458. The molecule has 0 spiro atoms. The highest BCUT2D eigenvalue weighted by atomic mass is 79.9. The number of nitrogen functional groups attached to an aromatic ring is 1. The summed E-state index contributed by atoms with van der Waals surface area (Å²) in [5.74, 6) is 0.572. The van der Waals surface area contributed by atoms with Gasteiger partial charge < -0.3 is 10.5 Å². The number of nitrogens with two attached hydrogens (primary N) is 1. The summed E-state index contributed by atoms with van der Waals surface area (Å²) in [6, 6.07) is 6.25. The summed E-state index contributed by atoms with van der Waals surface area (Å²) in [4.78, 5) is 14.4. The summed E-state index contributed by atoms with van der Waals surface area (Å²) < 4.78 is 6.25. The van der Waals surface area contributed by atoms with Gasteiger partial charge in [0.25, 0.3) is 5.69 Å². The molecular weight excluding hydrogens is 314 g/mol. The third-order valence-corrected chi connectivity index (χ3v) is 2.94. The highest BCUT2D eigenvalue weighted by Crippen LogP contribution is 2.32. The molecule has 2 aromatic rings. The molecule has 0 bridgehead atoms. The molecule has 19 heavy (non-hydrogen) atoms. The van der Waals surface area contributed by atoms with E-state index in [1.165, 1.54) is 6.07 Å². The van der Waals surface area contributed by atoms with Crippen LogP contribution in [0.1, 0.15) is 5.56 Å². The number of rotatable bonds is 3. The molecule has 98 valence electrons. The van der Waals surface area contributed by atoms with Crippen molar-refractivity contribution in [1.29, 1.82) is 0 Å². The van der Waals surface area contributed by atoms with Crippen molar-refractivity contribution in [2.75, 3.05) is 5.73 Å². The van der Waals surface area contributed by atoms with Crippen LogP contribution < -0.4 is 10.5 Å². The van der Waals surface area contributed by atoms with E-state index in [2.05, 4.69) is 20.9 Å². The van der Waals surface area contributed by atoms with Crippen LogP contribution in [-0.4, -0.2) is 9.91 Å². The van der Waals surface area contributed by atoms with Gasteiger partial charge in [0.15, 0.2) is 0 Å². The minimum Gasteiger partial charge on any atom is -0.437 e. The molecule has 1 aromatic heterocycles. The first kappa shape index (κ1) is 13.3. The van der Waals surface area contributed by atoms with E-state index in [0.29, 0.717) is 17.0 Å². The Balaban J connectivity index is 2.38. The number of hydrogen-bond acceptors (Lipinski definition) is 5. The topological polar surface area (TPSA) is 91.3 Å². The number of anilines is 1. The van der Waals surface area contributed by atoms with E-state index in [1.54, 1.807) is 31.3 Å². The molecule has 0 aliphatic heterocycles. The van der Waals surface area contributed by atoms with Crippen LogP contribution in [0.25, 0.3) is 0 Å². The molecule has 0 radical (unpaired) electrons. The fourth-order valence-corrected chi connectivity index (χ4v) is 1.89. The Labute approximate surface area is 117 Å². The predicted molar refractivity (Wildman–Crippen MR) is 74.3 cm³/mol. The van der Waals surface area contributed by atoms with Crippen LogP contribution >= 0.6 is 15.9 Å². The van der Waals surface area contributed by atoms with E-state index in [1.807, 2.05) is 0 Å². The first-order chi connectivity index (χ1) is 8.99. The lowest BCUT2D eigenvalue weighted by molar-refractivity contribution is -0.385. The number of halogens is 1. The Bertz CT molecular complexity index is 646. The molecule has 0 aliphatic carbocycles. The zero-order valence-electron chi connectivity index (χ0n) is 9.96. The normalized spacial score (nSPS) is 10.2. The molecule has 0 fully saturated rings. The first-order valence-electron chi connectivity index (χ1n) is 5.32. The molecule has 0 unspecified atom stereocenters. The molecule has 6 nitrogen and oxygen atoms in total. The summed E-state index contributed by atoms with van der Waals surface area (Å²) >= 11 is 3.24. The lowest BCUT2D eigenvalue weighted by Crippen LogP contribution is -1.98.